The number of hydrogen-bond acceptors (Lipinski definition) is 4. The van der Waals surface area contributed by atoms with Gasteiger partial charge in [0.1, 0.15) is 18.1 Å². The van der Waals surface area contributed by atoms with Crippen LogP contribution in [0.5, 0.6) is 11.5 Å². The number of carbonyl (C=O) groups excluding carboxylic acids is 1. The van der Waals surface area contributed by atoms with Crippen molar-refractivity contribution in [3.8, 4) is 11.5 Å². The Morgan fingerprint density at radius 2 is 1.76 bits per heavy atom. The summed E-state index contributed by atoms with van der Waals surface area (Å²) >= 11 is 0. The summed E-state index contributed by atoms with van der Waals surface area (Å²) in [5.41, 5.74) is 7.33. The number of unbranched alkanes of at least 4 members (excludes halogenated alkanes) is 1. The summed E-state index contributed by atoms with van der Waals surface area (Å²) < 4.78 is 11.1. The lowest BCUT2D eigenvalue weighted by Crippen LogP contribution is -2.12. The standard InChI is InChI=1S/C20H26N2O3/c1-16-5-4-6-19(15-16)24-13-3-2-7-20(23)22-17-8-10-18(11-9-17)25-14-12-21/h4-6,8-11,15H,2-3,7,12-14,21H2,1H3,(H,22,23). The summed E-state index contributed by atoms with van der Waals surface area (Å²) in [7, 11) is 0. The Kier molecular flexibility index (Phi) is 7.79. The molecule has 0 fully saturated rings. The molecule has 0 unspecified atom stereocenters. The van der Waals surface area contributed by atoms with Crippen molar-refractivity contribution in [1.82, 2.24) is 0 Å². The number of nitrogens with one attached hydrogen (secondary N) is 1. The molecule has 0 saturated heterocycles. The Labute approximate surface area is 149 Å². The molecule has 3 N–H and O–H groups in total. The summed E-state index contributed by atoms with van der Waals surface area (Å²) in [6.07, 6.45) is 2.10. The van der Waals surface area contributed by atoms with E-state index < -0.39 is 0 Å². The zero-order valence-electron chi connectivity index (χ0n) is 14.7. The van der Waals surface area contributed by atoms with Crippen molar-refractivity contribution >= 4 is 11.6 Å². The van der Waals surface area contributed by atoms with Crippen LogP contribution in [0.3, 0.4) is 0 Å². The van der Waals surface area contributed by atoms with Crippen molar-refractivity contribution < 1.29 is 14.3 Å². The minimum Gasteiger partial charge on any atom is -0.494 e. The number of aryl methyl sites for hydroxylation is 1. The second kappa shape index (κ2) is 10.4. The highest BCUT2D eigenvalue weighted by molar-refractivity contribution is 5.90. The number of ether oxygens (including phenoxy) is 2. The lowest BCUT2D eigenvalue weighted by molar-refractivity contribution is -0.116. The van der Waals surface area contributed by atoms with Crippen molar-refractivity contribution in [1.29, 1.82) is 0 Å². The highest BCUT2D eigenvalue weighted by Gasteiger charge is 2.03. The van der Waals surface area contributed by atoms with E-state index in [1.165, 1.54) is 5.56 Å². The Balaban J connectivity index is 1.62. The third-order valence-corrected chi connectivity index (χ3v) is 3.58. The van der Waals surface area contributed by atoms with E-state index in [1.54, 1.807) is 0 Å². The summed E-state index contributed by atoms with van der Waals surface area (Å²) in [6, 6.07) is 15.3. The van der Waals surface area contributed by atoms with Gasteiger partial charge in [0.15, 0.2) is 0 Å². The zero-order chi connectivity index (χ0) is 17.9. The first kappa shape index (κ1) is 18.8. The monoisotopic (exact) mass is 342 g/mol. The van der Waals surface area contributed by atoms with Gasteiger partial charge in [-0.25, -0.2) is 0 Å². The smallest absolute Gasteiger partial charge is 0.224 e. The quantitative estimate of drug-likeness (QED) is 0.648. The molecule has 5 nitrogen and oxygen atoms in total. The first-order valence-electron chi connectivity index (χ1n) is 8.59. The first-order valence-corrected chi connectivity index (χ1v) is 8.59. The molecule has 0 aliphatic rings. The number of carbonyl (C=O) groups is 1. The van der Waals surface area contributed by atoms with Gasteiger partial charge >= 0.3 is 0 Å². The zero-order valence-corrected chi connectivity index (χ0v) is 14.7. The number of hydrogen-bond donors (Lipinski definition) is 2. The third-order valence-electron chi connectivity index (χ3n) is 3.58. The molecular formula is C20H26N2O3. The summed E-state index contributed by atoms with van der Waals surface area (Å²) in [5.74, 6) is 1.63. The topological polar surface area (TPSA) is 73.6 Å². The molecule has 0 spiro atoms. The predicted molar refractivity (Wildman–Crippen MR) is 100 cm³/mol. The Morgan fingerprint density at radius 1 is 1.00 bits per heavy atom. The normalized spacial score (nSPS) is 10.3. The molecule has 25 heavy (non-hydrogen) atoms. The van der Waals surface area contributed by atoms with Crippen molar-refractivity contribution in [2.45, 2.75) is 26.2 Å². The maximum absolute atomic E-state index is 11.9. The van der Waals surface area contributed by atoms with E-state index in [9.17, 15) is 4.79 Å². The fourth-order valence-electron chi connectivity index (χ4n) is 2.32. The SMILES string of the molecule is Cc1cccc(OCCCCC(=O)Nc2ccc(OCCN)cc2)c1. The van der Waals surface area contributed by atoms with Crippen molar-refractivity contribution in [2.75, 3.05) is 25.1 Å². The summed E-state index contributed by atoms with van der Waals surface area (Å²) in [5, 5.41) is 2.88. The molecule has 0 radical (unpaired) electrons. The predicted octanol–water partition coefficient (Wildman–Crippen LogP) is 3.52. The van der Waals surface area contributed by atoms with Gasteiger partial charge in [0, 0.05) is 18.7 Å². The second-order valence-electron chi connectivity index (χ2n) is 5.83. The van der Waals surface area contributed by atoms with Crippen LogP contribution in [0.1, 0.15) is 24.8 Å². The number of nitrogens with two attached hydrogens (primary N) is 1. The van der Waals surface area contributed by atoms with Crippen LogP contribution >= 0.6 is 0 Å². The summed E-state index contributed by atoms with van der Waals surface area (Å²) in [6.45, 7) is 3.61. The van der Waals surface area contributed by atoms with Gasteiger partial charge in [-0.1, -0.05) is 12.1 Å². The number of rotatable bonds is 10. The molecule has 0 heterocycles. The molecule has 1 amide bonds. The average molecular weight is 342 g/mol. The highest BCUT2D eigenvalue weighted by atomic mass is 16.5. The van der Waals surface area contributed by atoms with Crippen LogP contribution < -0.4 is 20.5 Å². The Hall–Kier alpha value is -2.53. The van der Waals surface area contributed by atoms with Gasteiger partial charge in [0.2, 0.25) is 5.91 Å². The third kappa shape index (κ3) is 7.27. The van der Waals surface area contributed by atoms with Crippen LogP contribution in [0, 0.1) is 6.92 Å². The fraction of sp³-hybridized carbons (Fsp3) is 0.350. The van der Waals surface area contributed by atoms with Gasteiger partial charge in [-0.3, -0.25) is 4.79 Å². The van der Waals surface area contributed by atoms with Crippen LogP contribution in [0.15, 0.2) is 48.5 Å². The van der Waals surface area contributed by atoms with E-state index in [0.29, 0.717) is 26.2 Å². The molecule has 0 aliphatic carbocycles. The number of amides is 1. The average Bonchev–Trinajstić information content (AvgIpc) is 2.61. The second-order valence-corrected chi connectivity index (χ2v) is 5.83. The molecule has 2 rings (SSSR count). The minimum absolute atomic E-state index is 0.00572. The van der Waals surface area contributed by atoms with Gasteiger partial charge in [-0.15, -0.1) is 0 Å². The van der Waals surface area contributed by atoms with Gasteiger partial charge in [0.05, 0.1) is 6.61 Å². The van der Waals surface area contributed by atoms with Gasteiger partial charge < -0.3 is 20.5 Å². The number of benzene rings is 2. The van der Waals surface area contributed by atoms with Gasteiger partial charge in [-0.2, -0.15) is 0 Å². The van der Waals surface area contributed by atoms with Crippen LogP contribution in [0.25, 0.3) is 0 Å². The molecule has 134 valence electrons. The highest BCUT2D eigenvalue weighted by Crippen LogP contribution is 2.16. The molecule has 2 aromatic carbocycles. The van der Waals surface area contributed by atoms with Crippen LogP contribution in [0.4, 0.5) is 5.69 Å². The van der Waals surface area contributed by atoms with E-state index in [-0.39, 0.29) is 5.91 Å². The minimum atomic E-state index is 0.00572. The van der Waals surface area contributed by atoms with Crippen molar-refractivity contribution in [2.24, 2.45) is 5.73 Å². The molecule has 0 atom stereocenters. The maximum Gasteiger partial charge on any atom is 0.224 e. The maximum atomic E-state index is 11.9. The van der Waals surface area contributed by atoms with Crippen LogP contribution in [-0.2, 0) is 4.79 Å². The largest absolute Gasteiger partial charge is 0.494 e. The Bertz CT molecular complexity index is 656. The van der Waals surface area contributed by atoms with E-state index >= 15 is 0 Å². The lowest BCUT2D eigenvalue weighted by atomic mass is 10.2. The molecule has 2 aromatic rings. The van der Waals surface area contributed by atoms with E-state index in [2.05, 4.69) is 5.32 Å². The van der Waals surface area contributed by atoms with Crippen molar-refractivity contribution in [3.63, 3.8) is 0 Å². The molecule has 0 aliphatic heterocycles. The molecule has 5 heteroatoms. The van der Waals surface area contributed by atoms with Crippen LogP contribution in [-0.4, -0.2) is 25.7 Å². The van der Waals surface area contributed by atoms with Gasteiger partial charge in [0.25, 0.3) is 0 Å². The first-order chi connectivity index (χ1) is 12.2. The van der Waals surface area contributed by atoms with E-state index in [4.69, 9.17) is 15.2 Å². The molecule has 0 aromatic heterocycles. The fourth-order valence-corrected chi connectivity index (χ4v) is 2.32. The van der Waals surface area contributed by atoms with Crippen molar-refractivity contribution in [3.05, 3.63) is 54.1 Å². The molecular weight excluding hydrogens is 316 g/mol. The summed E-state index contributed by atoms with van der Waals surface area (Å²) in [4.78, 5) is 11.9. The lowest BCUT2D eigenvalue weighted by Gasteiger charge is -2.08. The molecule has 0 bridgehead atoms. The number of anilines is 1. The van der Waals surface area contributed by atoms with E-state index in [1.807, 2.05) is 55.5 Å². The van der Waals surface area contributed by atoms with Gasteiger partial charge in [-0.05, 0) is 61.7 Å². The van der Waals surface area contributed by atoms with E-state index in [0.717, 1.165) is 30.0 Å². The Morgan fingerprint density at radius 3 is 2.48 bits per heavy atom. The van der Waals surface area contributed by atoms with Crippen LogP contribution in [0.2, 0.25) is 0 Å². The molecule has 0 saturated carbocycles.